The van der Waals surface area contributed by atoms with Crippen molar-refractivity contribution in [2.45, 2.75) is 30.5 Å². The van der Waals surface area contributed by atoms with E-state index in [0.717, 1.165) is 0 Å². The van der Waals surface area contributed by atoms with E-state index in [9.17, 15) is 18.0 Å². The molecule has 0 aliphatic carbocycles. The molecule has 0 spiro atoms. The van der Waals surface area contributed by atoms with Crippen LogP contribution in [-0.2, 0) is 0 Å². The molecule has 1 atom stereocenters. The second kappa shape index (κ2) is 8.14. The highest BCUT2D eigenvalue weighted by Gasteiger charge is 2.27. The van der Waals surface area contributed by atoms with Gasteiger partial charge in [0, 0.05) is 17.5 Å². The molecule has 0 saturated heterocycles. The predicted molar refractivity (Wildman–Crippen MR) is 76.5 cm³/mol. The molecule has 1 rings (SSSR count). The molecule has 1 aromatic rings. The van der Waals surface area contributed by atoms with Gasteiger partial charge in [-0.3, -0.25) is 0 Å². The Balaban J connectivity index is 2.64. The molecular weight excluding hydrogens is 305 g/mol. The van der Waals surface area contributed by atoms with E-state index < -0.39 is 18.0 Å². The zero-order valence-electron chi connectivity index (χ0n) is 11.4. The summed E-state index contributed by atoms with van der Waals surface area (Å²) in [4.78, 5) is 12.1. The summed E-state index contributed by atoms with van der Waals surface area (Å²) in [6.07, 6.45) is -3.87. The van der Waals surface area contributed by atoms with E-state index in [1.807, 2.05) is 0 Å². The summed E-state index contributed by atoms with van der Waals surface area (Å²) in [7, 11) is 0. The average molecular weight is 322 g/mol. The van der Waals surface area contributed by atoms with E-state index in [-0.39, 0.29) is 12.6 Å². The SMILES string of the molecule is C[C@H](CCO)NC(=O)Nc1ccccc1SCC(F)(F)F. The number of nitrogens with one attached hydrogen (secondary N) is 2. The van der Waals surface area contributed by atoms with Crippen LogP contribution in [0.15, 0.2) is 29.2 Å². The minimum Gasteiger partial charge on any atom is -0.396 e. The van der Waals surface area contributed by atoms with Crippen LogP contribution in [0.3, 0.4) is 0 Å². The van der Waals surface area contributed by atoms with Gasteiger partial charge in [0.1, 0.15) is 0 Å². The van der Waals surface area contributed by atoms with E-state index in [1.165, 1.54) is 12.1 Å². The lowest BCUT2D eigenvalue weighted by atomic mass is 10.2. The molecule has 8 heteroatoms. The number of urea groups is 1. The van der Waals surface area contributed by atoms with Gasteiger partial charge in [0.05, 0.1) is 11.4 Å². The number of aliphatic hydroxyl groups is 1. The lowest BCUT2D eigenvalue weighted by molar-refractivity contribution is -0.105. The lowest BCUT2D eigenvalue weighted by Crippen LogP contribution is -2.36. The second-order valence-electron chi connectivity index (χ2n) is 4.41. The fraction of sp³-hybridized carbons (Fsp3) is 0.462. The first kappa shape index (κ1) is 17.6. The summed E-state index contributed by atoms with van der Waals surface area (Å²) in [6, 6.07) is 5.54. The predicted octanol–water partition coefficient (Wildman–Crippen LogP) is 3.23. The van der Waals surface area contributed by atoms with Crippen LogP contribution in [0.2, 0.25) is 0 Å². The van der Waals surface area contributed by atoms with Crippen molar-refractivity contribution in [1.82, 2.24) is 5.32 Å². The van der Waals surface area contributed by atoms with Gasteiger partial charge in [-0.15, -0.1) is 11.8 Å². The Bertz CT molecular complexity index is 469. The van der Waals surface area contributed by atoms with Crippen LogP contribution < -0.4 is 10.6 Å². The van der Waals surface area contributed by atoms with Gasteiger partial charge in [0.2, 0.25) is 0 Å². The van der Waals surface area contributed by atoms with Gasteiger partial charge in [-0.1, -0.05) is 12.1 Å². The standard InChI is InChI=1S/C13H17F3N2O2S/c1-9(6-7-19)17-12(20)18-10-4-2-3-5-11(10)21-8-13(14,15)16/h2-5,9,19H,6-8H2,1H3,(H2,17,18,20)/t9-/m1/s1. The fourth-order valence-electron chi connectivity index (χ4n) is 1.50. The van der Waals surface area contributed by atoms with Crippen molar-refractivity contribution in [1.29, 1.82) is 0 Å². The first-order valence-corrected chi connectivity index (χ1v) is 7.27. The maximum Gasteiger partial charge on any atom is 0.398 e. The van der Waals surface area contributed by atoms with E-state index >= 15 is 0 Å². The van der Waals surface area contributed by atoms with Crippen molar-refractivity contribution in [3.8, 4) is 0 Å². The summed E-state index contributed by atoms with van der Waals surface area (Å²) in [6.45, 7) is 1.67. The van der Waals surface area contributed by atoms with Crippen LogP contribution in [-0.4, -0.2) is 35.7 Å². The molecule has 0 aliphatic heterocycles. The van der Waals surface area contributed by atoms with Gasteiger partial charge < -0.3 is 15.7 Å². The molecule has 1 aromatic carbocycles. The van der Waals surface area contributed by atoms with Crippen LogP contribution >= 0.6 is 11.8 Å². The van der Waals surface area contributed by atoms with Gasteiger partial charge in [0.25, 0.3) is 0 Å². The van der Waals surface area contributed by atoms with Crippen LogP contribution in [0.4, 0.5) is 23.7 Å². The van der Waals surface area contributed by atoms with Crippen molar-refractivity contribution in [3.05, 3.63) is 24.3 Å². The average Bonchev–Trinajstić information content (AvgIpc) is 2.36. The molecule has 2 amide bonds. The van der Waals surface area contributed by atoms with E-state index in [2.05, 4.69) is 10.6 Å². The Hall–Kier alpha value is -1.41. The van der Waals surface area contributed by atoms with Crippen molar-refractivity contribution < 1.29 is 23.1 Å². The van der Waals surface area contributed by atoms with Gasteiger partial charge >= 0.3 is 12.2 Å². The number of aliphatic hydroxyl groups excluding tert-OH is 1. The van der Waals surface area contributed by atoms with Crippen LogP contribution in [0.1, 0.15) is 13.3 Å². The number of benzene rings is 1. The maximum absolute atomic E-state index is 12.2. The molecule has 4 nitrogen and oxygen atoms in total. The number of amides is 2. The Morgan fingerprint density at radius 3 is 2.67 bits per heavy atom. The molecule has 0 bridgehead atoms. The highest BCUT2D eigenvalue weighted by molar-refractivity contribution is 7.99. The third-order valence-electron chi connectivity index (χ3n) is 2.47. The largest absolute Gasteiger partial charge is 0.398 e. The molecule has 0 aromatic heterocycles. The van der Waals surface area contributed by atoms with Crippen LogP contribution in [0.5, 0.6) is 0 Å². The van der Waals surface area contributed by atoms with E-state index in [0.29, 0.717) is 28.8 Å². The van der Waals surface area contributed by atoms with Gasteiger partial charge in [-0.2, -0.15) is 13.2 Å². The number of carbonyl (C=O) groups excluding carboxylic acids is 1. The summed E-state index contributed by atoms with van der Waals surface area (Å²) in [5.74, 6) is -1.02. The van der Waals surface area contributed by atoms with Gasteiger partial charge in [0.15, 0.2) is 0 Å². The van der Waals surface area contributed by atoms with Gasteiger partial charge in [-0.05, 0) is 25.5 Å². The number of carbonyl (C=O) groups is 1. The Kier molecular flexibility index (Phi) is 6.83. The number of halogens is 3. The zero-order valence-corrected chi connectivity index (χ0v) is 12.2. The Labute approximate surface area is 125 Å². The molecule has 118 valence electrons. The summed E-state index contributed by atoms with van der Waals surface area (Å²) < 4.78 is 36.7. The van der Waals surface area contributed by atoms with Crippen molar-refractivity contribution in [3.63, 3.8) is 0 Å². The third-order valence-corrected chi connectivity index (χ3v) is 3.60. The number of para-hydroxylation sites is 1. The number of hydrogen-bond donors (Lipinski definition) is 3. The topological polar surface area (TPSA) is 61.4 Å². The molecule has 0 aliphatic rings. The molecule has 0 unspecified atom stereocenters. The smallest absolute Gasteiger partial charge is 0.396 e. The Morgan fingerprint density at radius 1 is 1.38 bits per heavy atom. The molecule has 3 N–H and O–H groups in total. The normalized spacial score (nSPS) is 12.8. The highest BCUT2D eigenvalue weighted by Crippen LogP contribution is 2.31. The molecule has 0 heterocycles. The van der Waals surface area contributed by atoms with Crippen LogP contribution in [0, 0.1) is 0 Å². The fourth-order valence-corrected chi connectivity index (χ4v) is 2.27. The number of anilines is 1. The lowest BCUT2D eigenvalue weighted by Gasteiger charge is -2.15. The number of rotatable bonds is 6. The van der Waals surface area contributed by atoms with Gasteiger partial charge in [-0.25, -0.2) is 4.79 Å². The summed E-state index contributed by atoms with van der Waals surface area (Å²) >= 11 is 0.618. The highest BCUT2D eigenvalue weighted by atomic mass is 32.2. The van der Waals surface area contributed by atoms with E-state index in [1.54, 1.807) is 19.1 Å². The minimum absolute atomic E-state index is 0.0561. The first-order valence-electron chi connectivity index (χ1n) is 6.29. The molecular formula is C13H17F3N2O2S. The van der Waals surface area contributed by atoms with Crippen molar-refractivity contribution >= 4 is 23.5 Å². The first-order chi connectivity index (χ1) is 9.81. The Morgan fingerprint density at radius 2 is 2.05 bits per heavy atom. The van der Waals surface area contributed by atoms with Crippen LogP contribution in [0.25, 0.3) is 0 Å². The van der Waals surface area contributed by atoms with Crippen molar-refractivity contribution in [2.24, 2.45) is 0 Å². The number of alkyl halides is 3. The number of hydrogen-bond acceptors (Lipinski definition) is 3. The monoisotopic (exact) mass is 322 g/mol. The second-order valence-corrected chi connectivity index (χ2v) is 5.43. The third kappa shape index (κ3) is 7.24. The van der Waals surface area contributed by atoms with Crippen molar-refractivity contribution in [2.75, 3.05) is 17.7 Å². The maximum atomic E-state index is 12.2. The molecule has 21 heavy (non-hydrogen) atoms. The molecule has 0 fully saturated rings. The van der Waals surface area contributed by atoms with E-state index in [4.69, 9.17) is 5.11 Å². The quantitative estimate of drug-likeness (QED) is 0.705. The zero-order chi connectivity index (χ0) is 15.9. The summed E-state index contributed by atoms with van der Waals surface area (Å²) in [5.41, 5.74) is 0.320. The molecule has 0 saturated carbocycles. The minimum atomic E-state index is -4.27. The summed E-state index contributed by atoms with van der Waals surface area (Å²) in [5, 5.41) is 13.9. The number of thioether (sulfide) groups is 1. The molecule has 0 radical (unpaired) electrons.